The summed E-state index contributed by atoms with van der Waals surface area (Å²) in [7, 11) is 0. The van der Waals surface area contributed by atoms with E-state index < -0.39 is 0 Å². The Morgan fingerprint density at radius 3 is 2.86 bits per heavy atom. The number of amides is 1. The van der Waals surface area contributed by atoms with Gasteiger partial charge in [0.05, 0.1) is 0 Å². The number of carbonyl (C=O) groups excluding carboxylic acids is 1. The van der Waals surface area contributed by atoms with E-state index in [0.717, 1.165) is 5.33 Å². The molecule has 0 aliphatic heterocycles. The largest absolute Gasteiger partial charge is 0.334 e. The molecule has 78 valence electrons. The number of aromatic nitrogens is 2. The minimum atomic E-state index is -0.0480. The molecule has 0 unspecified atom stereocenters. The Bertz CT molecular complexity index is 289. The highest BCUT2D eigenvalue weighted by Gasteiger charge is 2.19. The van der Waals surface area contributed by atoms with Crippen molar-refractivity contribution in [3.05, 3.63) is 11.1 Å². The first-order chi connectivity index (χ1) is 6.66. The minimum Gasteiger partial charge on any atom is -0.334 e. The number of hydrogen-bond donors (Lipinski definition) is 0. The van der Waals surface area contributed by atoms with Gasteiger partial charge in [-0.1, -0.05) is 20.4 Å². The molecular weight excluding hydrogens is 266 g/mol. The second-order valence-electron chi connectivity index (χ2n) is 3.07. The maximum atomic E-state index is 11.8. The van der Waals surface area contributed by atoms with Crippen LogP contribution < -0.4 is 0 Å². The number of hydrogen-bond acceptors (Lipinski definition) is 4. The van der Waals surface area contributed by atoms with Gasteiger partial charge in [-0.3, -0.25) is 4.79 Å². The van der Waals surface area contributed by atoms with Gasteiger partial charge in [0, 0.05) is 23.3 Å². The van der Waals surface area contributed by atoms with Crippen LogP contribution in [0.15, 0.2) is 5.38 Å². The summed E-state index contributed by atoms with van der Waals surface area (Å²) in [6, 6.07) is 0.182. The molecule has 0 aliphatic rings. The van der Waals surface area contributed by atoms with Crippen LogP contribution >= 0.6 is 27.5 Å². The molecule has 0 N–H and O–H groups in total. The molecule has 0 saturated carbocycles. The zero-order valence-electron chi connectivity index (χ0n) is 8.11. The number of halogens is 1. The van der Waals surface area contributed by atoms with E-state index in [0.29, 0.717) is 12.2 Å². The lowest BCUT2D eigenvalue weighted by molar-refractivity contribution is 0.0713. The fraction of sp³-hybridized carbons (Fsp3) is 0.625. The Kier molecular flexibility index (Phi) is 4.47. The predicted molar refractivity (Wildman–Crippen MR) is 59.9 cm³/mol. The van der Waals surface area contributed by atoms with Crippen molar-refractivity contribution in [1.29, 1.82) is 0 Å². The maximum Gasteiger partial charge on any atom is 0.275 e. The van der Waals surface area contributed by atoms with E-state index in [9.17, 15) is 4.79 Å². The van der Waals surface area contributed by atoms with Crippen LogP contribution in [-0.2, 0) is 0 Å². The van der Waals surface area contributed by atoms with Gasteiger partial charge in [0.1, 0.15) is 0 Å². The summed E-state index contributed by atoms with van der Waals surface area (Å²) in [6.07, 6.45) is 0. The van der Waals surface area contributed by atoms with Gasteiger partial charge in [0.2, 0.25) is 0 Å². The molecule has 14 heavy (non-hydrogen) atoms. The zero-order chi connectivity index (χ0) is 10.6. The van der Waals surface area contributed by atoms with Gasteiger partial charge in [0.25, 0.3) is 5.91 Å². The number of rotatable bonds is 4. The molecule has 0 saturated heterocycles. The van der Waals surface area contributed by atoms with Crippen LogP contribution in [0.3, 0.4) is 0 Å². The van der Waals surface area contributed by atoms with Crippen molar-refractivity contribution in [2.75, 3.05) is 11.9 Å². The molecule has 0 atom stereocenters. The van der Waals surface area contributed by atoms with Crippen molar-refractivity contribution in [2.24, 2.45) is 0 Å². The van der Waals surface area contributed by atoms with Gasteiger partial charge in [-0.15, -0.1) is 5.10 Å². The van der Waals surface area contributed by atoms with Crippen LogP contribution in [0.1, 0.15) is 24.3 Å². The summed E-state index contributed by atoms with van der Waals surface area (Å²) < 4.78 is 3.68. The van der Waals surface area contributed by atoms with E-state index in [2.05, 4.69) is 25.5 Å². The summed E-state index contributed by atoms with van der Waals surface area (Å²) in [4.78, 5) is 13.6. The fourth-order valence-corrected chi connectivity index (χ4v) is 1.90. The van der Waals surface area contributed by atoms with Gasteiger partial charge in [-0.2, -0.15) is 0 Å². The van der Waals surface area contributed by atoms with Crippen molar-refractivity contribution in [1.82, 2.24) is 14.5 Å². The van der Waals surface area contributed by atoms with E-state index in [-0.39, 0.29) is 11.9 Å². The van der Waals surface area contributed by atoms with Crippen LogP contribution in [0.2, 0.25) is 0 Å². The molecular formula is C8H12BrN3OS. The molecule has 0 fully saturated rings. The summed E-state index contributed by atoms with van der Waals surface area (Å²) in [5.41, 5.74) is 0.435. The van der Waals surface area contributed by atoms with Gasteiger partial charge in [-0.25, -0.2) is 0 Å². The van der Waals surface area contributed by atoms with Crippen LogP contribution in [0.25, 0.3) is 0 Å². The lowest BCUT2D eigenvalue weighted by Gasteiger charge is -2.24. The van der Waals surface area contributed by atoms with Crippen LogP contribution in [-0.4, -0.2) is 38.3 Å². The molecule has 0 spiro atoms. The third kappa shape index (κ3) is 2.75. The summed E-state index contributed by atoms with van der Waals surface area (Å²) in [6.45, 7) is 4.66. The topological polar surface area (TPSA) is 46.1 Å². The molecule has 0 aliphatic carbocycles. The lowest BCUT2D eigenvalue weighted by Crippen LogP contribution is -2.38. The first-order valence-electron chi connectivity index (χ1n) is 4.30. The summed E-state index contributed by atoms with van der Waals surface area (Å²) >= 11 is 4.52. The number of nitrogens with zero attached hydrogens (tertiary/aromatic N) is 3. The van der Waals surface area contributed by atoms with Gasteiger partial charge in [-0.05, 0) is 25.4 Å². The quantitative estimate of drug-likeness (QED) is 0.789. The molecule has 1 heterocycles. The molecule has 1 amide bonds. The van der Waals surface area contributed by atoms with Crippen molar-refractivity contribution in [2.45, 2.75) is 19.9 Å². The van der Waals surface area contributed by atoms with E-state index in [1.54, 1.807) is 10.3 Å². The average molecular weight is 278 g/mol. The highest BCUT2D eigenvalue weighted by molar-refractivity contribution is 9.09. The third-order valence-corrected chi connectivity index (χ3v) is 2.65. The Balaban J connectivity index is 2.74. The Morgan fingerprint density at radius 2 is 2.43 bits per heavy atom. The highest BCUT2D eigenvalue weighted by Crippen LogP contribution is 2.07. The first-order valence-corrected chi connectivity index (χ1v) is 6.26. The fourth-order valence-electron chi connectivity index (χ4n) is 1.09. The van der Waals surface area contributed by atoms with Gasteiger partial charge < -0.3 is 4.90 Å². The predicted octanol–water partition coefficient (Wildman–Crippen LogP) is 1.78. The SMILES string of the molecule is CC(C)N(CCBr)C(=O)c1csnn1. The third-order valence-electron chi connectivity index (χ3n) is 1.79. The molecule has 0 radical (unpaired) electrons. The molecule has 0 bridgehead atoms. The lowest BCUT2D eigenvalue weighted by atomic mass is 10.3. The minimum absolute atomic E-state index is 0.0480. The van der Waals surface area contributed by atoms with E-state index in [1.165, 1.54) is 11.5 Å². The average Bonchev–Trinajstić information content (AvgIpc) is 2.65. The molecule has 4 nitrogen and oxygen atoms in total. The highest BCUT2D eigenvalue weighted by atomic mass is 79.9. The van der Waals surface area contributed by atoms with Gasteiger partial charge in [0.15, 0.2) is 5.69 Å². The zero-order valence-corrected chi connectivity index (χ0v) is 10.5. The second kappa shape index (κ2) is 5.41. The van der Waals surface area contributed by atoms with Crippen molar-refractivity contribution in [3.8, 4) is 0 Å². The first kappa shape index (κ1) is 11.6. The monoisotopic (exact) mass is 277 g/mol. The standard InChI is InChI=1S/C8H12BrN3OS/c1-6(2)12(4-3-9)8(13)7-5-14-11-10-7/h5-6H,3-4H2,1-2H3. The Hall–Kier alpha value is -0.490. The van der Waals surface area contributed by atoms with Gasteiger partial charge >= 0.3 is 0 Å². The maximum absolute atomic E-state index is 11.8. The molecule has 1 aromatic rings. The normalized spacial score (nSPS) is 10.6. The second-order valence-corrected chi connectivity index (χ2v) is 4.47. The van der Waals surface area contributed by atoms with E-state index >= 15 is 0 Å². The number of carbonyl (C=O) groups is 1. The van der Waals surface area contributed by atoms with Crippen molar-refractivity contribution >= 4 is 33.4 Å². The summed E-state index contributed by atoms with van der Waals surface area (Å²) in [5, 5.41) is 6.21. The smallest absolute Gasteiger partial charge is 0.275 e. The van der Waals surface area contributed by atoms with E-state index in [4.69, 9.17) is 0 Å². The molecule has 0 aromatic carbocycles. The molecule has 1 rings (SSSR count). The van der Waals surface area contributed by atoms with Crippen LogP contribution in [0, 0.1) is 0 Å². The molecule has 6 heteroatoms. The van der Waals surface area contributed by atoms with Crippen molar-refractivity contribution < 1.29 is 4.79 Å². The van der Waals surface area contributed by atoms with Crippen LogP contribution in [0.4, 0.5) is 0 Å². The van der Waals surface area contributed by atoms with E-state index in [1.807, 2.05) is 13.8 Å². The number of alkyl halides is 1. The Morgan fingerprint density at radius 1 is 1.71 bits per heavy atom. The Labute approximate surface area is 95.6 Å². The molecule has 1 aromatic heterocycles. The van der Waals surface area contributed by atoms with Crippen molar-refractivity contribution in [3.63, 3.8) is 0 Å². The van der Waals surface area contributed by atoms with Crippen LogP contribution in [0.5, 0.6) is 0 Å². The summed E-state index contributed by atoms with van der Waals surface area (Å²) in [5.74, 6) is -0.0480.